The molecule has 0 unspecified atom stereocenters. The van der Waals surface area contributed by atoms with Gasteiger partial charge in [-0.25, -0.2) is 0 Å². The maximum atomic E-state index is 12.7. The van der Waals surface area contributed by atoms with E-state index in [4.69, 9.17) is 21.1 Å². The fraction of sp³-hybridized carbons (Fsp3) is 0.350. The van der Waals surface area contributed by atoms with E-state index in [1.807, 2.05) is 29.2 Å². The number of halogens is 1. The summed E-state index contributed by atoms with van der Waals surface area (Å²) in [5.74, 6) is 1.49. The Morgan fingerprint density at radius 1 is 1.04 bits per heavy atom. The number of nitrogens with zero attached hydrogens (tertiary/aromatic N) is 2. The summed E-state index contributed by atoms with van der Waals surface area (Å²) >= 11 is 5.87. The predicted octanol–water partition coefficient (Wildman–Crippen LogP) is 3.46. The maximum absolute atomic E-state index is 12.7. The van der Waals surface area contributed by atoms with Gasteiger partial charge >= 0.3 is 0 Å². The number of carbonyl (C=O) groups excluding carboxylic acids is 1. The molecule has 2 aromatic carbocycles. The molecule has 1 saturated heterocycles. The van der Waals surface area contributed by atoms with E-state index in [1.165, 1.54) is 0 Å². The molecular formula is C20H23ClN2O3. The zero-order chi connectivity index (χ0) is 18.5. The molecule has 1 amide bonds. The minimum absolute atomic E-state index is 0.000346. The number of anilines is 1. The van der Waals surface area contributed by atoms with Crippen molar-refractivity contribution >= 4 is 23.2 Å². The summed E-state index contributed by atoms with van der Waals surface area (Å²) in [6, 6.07) is 15.0. The zero-order valence-corrected chi connectivity index (χ0v) is 15.8. The van der Waals surface area contributed by atoms with E-state index < -0.39 is 6.10 Å². The highest BCUT2D eigenvalue weighted by atomic mass is 35.5. The molecule has 3 rings (SSSR count). The minimum atomic E-state index is -0.533. The summed E-state index contributed by atoms with van der Waals surface area (Å²) in [5.41, 5.74) is 1.06. The quantitative estimate of drug-likeness (QED) is 0.803. The molecule has 1 atom stereocenters. The molecule has 0 radical (unpaired) electrons. The van der Waals surface area contributed by atoms with Gasteiger partial charge in [-0.05, 0) is 43.3 Å². The Morgan fingerprint density at radius 3 is 2.35 bits per heavy atom. The number of ether oxygens (including phenoxy) is 2. The first-order chi connectivity index (χ1) is 12.6. The Kier molecular flexibility index (Phi) is 5.89. The van der Waals surface area contributed by atoms with E-state index in [1.54, 1.807) is 38.3 Å². The number of methoxy groups -OCH3 is 1. The molecule has 6 heteroatoms. The molecule has 5 nitrogen and oxygen atoms in total. The van der Waals surface area contributed by atoms with Gasteiger partial charge in [-0.3, -0.25) is 4.79 Å². The van der Waals surface area contributed by atoms with Crippen LogP contribution in [0.4, 0.5) is 5.69 Å². The Hall–Kier alpha value is -2.40. The average molecular weight is 375 g/mol. The Balaban J connectivity index is 1.57. The van der Waals surface area contributed by atoms with E-state index in [0.717, 1.165) is 24.5 Å². The summed E-state index contributed by atoms with van der Waals surface area (Å²) in [4.78, 5) is 16.8. The Labute approximate surface area is 159 Å². The van der Waals surface area contributed by atoms with Crippen LogP contribution in [0.15, 0.2) is 48.5 Å². The van der Waals surface area contributed by atoms with Crippen LogP contribution in [0.2, 0.25) is 5.02 Å². The molecule has 0 saturated carbocycles. The van der Waals surface area contributed by atoms with Crippen molar-refractivity contribution in [2.24, 2.45) is 0 Å². The van der Waals surface area contributed by atoms with Crippen LogP contribution in [0.3, 0.4) is 0 Å². The van der Waals surface area contributed by atoms with Crippen LogP contribution in [0.5, 0.6) is 11.5 Å². The van der Waals surface area contributed by atoms with Gasteiger partial charge in [0.2, 0.25) is 0 Å². The zero-order valence-electron chi connectivity index (χ0n) is 15.0. The lowest BCUT2D eigenvalue weighted by atomic mass is 10.2. The molecule has 1 fully saturated rings. The number of hydrogen-bond acceptors (Lipinski definition) is 4. The first-order valence-electron chi connectivity index (χ1n) is 8.67. The molecule has 0 aromatic heterocycles. The highest BCUT2D eigenvalue weighted by molar-refractivity contribution is 6.30. The van der Waals surface area contributed by atoms with Crippen molar-refractivity contribution in [2.75, 3.05) is 38.2 Å². The van der Waals surface area contributed by atoms with Crippen LogP contribution in [-0.4, -0.2) is 50.2 Å². The second kappa shape index (κ2) is 8.32. The van der Waals surface area contributed by atoms with Gasteiger partial charge in [0.25, 0.3) is 5.91 Å². The standard InChI is InChI=1S/C20H23ClN2O3/c1-15(26-17-9-7-16(21)8-10-17)20(24)23-13-11-22(12-14-23)18-5-3-4-6-19(18)25-2/h3-10,15H,11-14H2,1-2H3/t15-/m0/s1. The molecular weight excluding hydrogens is 352 g/mol. The van der Waals surface area contributed by atoms with E-state index >= 15 is 0 Å². The van der Waals surface area contributed by atoms with E-state index in [9.17, 15) is 4.79 Å². The van der Waals surface area contributed by atoms with Gasteiger partial charge in [0.1, 0.15) is 11.5 Å². The SMILES string of the molecule is COc1ccccc1N1CCN(C(=O)[C@H](C)Oc2ccc(Cl)cc2)CC1. The molecule has 1 aliphatic rings. The average Bonchev–Trinajstić information content (AvgIpc) is 2.69. The summed E-state index contributed by atoms with van der Waals surface area (Å²) in [7, 11) is 1.67. The molecule has 138 valence electrons. The minimum Gasteiger partial charge on any atom is -0.495 e. The fourth-order valence-corrected chi connectivity index (χ4v) is 3.21. The second-order valence-corrected chi connectivity index (χ2v) is 6.63. The molecule has 26 heavy (non-hydrogen) atoms. The maximum Gasteiger partial charge on any atom is 0.263 e. The molecule has 0 bridgehead atoms. The van der Waals surface area contributed by atoms with Crippen LogP contribution in [0.1, 0.15) is 6.92 Å². The van der Waals surface area contributed by atoms with Gasteiger partial charge in [0.15, 0.2) is 6.10 Å². The first kappa shape index (κ1) is 18.4. The largest absolute Gasteiger partial charge is 0.495 e. The third-order valence-corrected chi connectivity index (χ3v) is 4.74. The van der Waals surface area contributed by atoms with Crippen molar-refractivity contribution in [3.05, 3.63) is 53.6 Å². The van der Waals surface area contributed by atoms with Crippen LogP contribution in [-0.2, 0) is 4.79 Å². The third-order valence-electron chi connectivity index (χ3n) is 4.49. The monoisotopic (exact) mass is 374 g/mol. The van der Waals surface area contributed by atoms with Crippen molar-refractivity contribution in [1.82, 2.24) is 4.90 Å². The first-order valence-corrected chi connectivity index (χ1v) is 9.05. The topological polar surface area (TPSA) is 42.0 Å². The summed E-state index contributed by atoms with van der Waals surface area (Å²) in [6.07, 6.45) is -0.533. The summed E-state index contributed by atoms with van der Waals surface area (Å²) in [6.45, 7) is 4.62. The molecule has 1 aliphatic heterocycles. The van der Waals surface area contributed by atoms with Crippen molar-refractivity contribution in [3.63, 3.8) is 0 Å². The van der Waals surface area contributed by atoms with Crippen LogP contribution < -0.4 is 14.4 Å². The van der Waals surface area contributed by atoms with Gasteiger partial charge in [-0.15, -0.1) is 0 Å². The highest BCUT2D eigenvalue weighted by Gasteiger charge is 2.27. The molecule has 0 spiro atoms. The van der Waals surface area contributed by atoms with Crippen molar-refractivity contribution < 1.29 is 14.3 Å². The van der Waals surface area contributed by atoms with Crippen LogP contribution >= 0.6 is 11.6 Å². The number of rotatable bonds is 5. The smallest absolute Gasteiger partial charge is 0.263 e. The van der Waals surface area contributed by atoms with Crippen molar-refractivity contribution in [2.45, 2.75) is 13.0 Å². The van der Waals surface area contributed by atoms with E-state index in [0.29, 0.717) is 23.9 Å². The number of benzene rings is 2. The highest BCUT2D eigenvalue weighted by Crippen LogP contribution is 2.28. The fourth-order valence-electron chi connectivity index (χ4n) is 3.08. The second-order valence-electron chi connectivity index (χ2n) is 6.20. The number of hydrogen-bond donors (Lipinski definition) is 0. The predicted molar refractivity (Wildman–Crippen MR) is 103 cm³/mol. The summed E-state index contributed by atoms with van der Waals surface area (Å²) < 4.78 is 11.2. The van der Waals surface area contributed by atoms with Crippen LogP contribution in [0.25, 0.3) is 0 Å². The van der Waals surface area contributed by atoms with Gasteiger partial charge in [-0.2, -0.15) is 0 Å². The van der Waals surface area contributed by atoms with Gasteiger partial charge in [0.05, 0.1) is 12.8 Å². The van der Waals surface area contributed by atoms with Gasteiger partial charge in [-0.1, -0.05) is 23.7 Å². The van der Waals surface area contributed by atoms with Crippen molar-refractivity contribution in [3.8, 4) is 11.5 Å². The molecule has 0 N–H and O–H groups in total. The number of para-hydroxylation sites is 2. The van der Waals surface area contributed by atoms with E-state index in [-0.39, 0.29) is 5.91 Å². The molecule has 0 aliphatic carbocycles. The van der Waals surface area contributed by atoms with Crippen molar-refractivity contribution in [1.29, 1.82) is 0 Å². The molecule has 2 aromatic rings. The molecule has 1 heterocycles. The van der Waals surface area contributed by atoms with Crippen LogP contribution in [0, 0.1) is 0 Å². The van der Waals surface area contributed by atoms with Gasteiger partial charge in [0, 0.05) is 31.2 Å². The lowest BCUT2D eigenvalue weighted by molar-refractivity contribution is -0.138. The Bertz CT molecular complexity index is 743. The lowest BCUT2D eigenvalue weighted by Gasteiger charge is -2.37. The normalized spacial score (nSPS) is 15.5. The summed E-state index contributed by atoms with van der Waals surface area (Å²) in [5, 5.41) is 0.642. The third kappa shape index (κ3) is 4.22. The Morgan fingerprint density at radius 2 is 1.69 bits per heavy atom. The lowest BCUT2D eigenvalue weighted by Crippen LogP contribution is -2.52. The number of piperazine rings is 1. The van der Waals surface area contributed by atoms with E-state index in [2.05, 4.69) is 4.90 Å². The number of amides is 1. The van der Waals surface area contributed by atoms with Gasteiger partial charge < -0.3 is 19.3 Å². The number of carbonyl (C=O) groups is 1.